The number of methoxy groups -OCH3 is 1. The molecule has 0 saturated heterocycles. The first-order valence-corrected chi connectivity index (χ1v) is 7.59. The Morgan fingerprint density at radius 1 is 1.25 bits per heavy atom. The zero-order valence-electron chi connectivity index (χ0n) is 13.2. The normalized spacial score (nSPS) is 14.4. The van der Waals surface area contributed by atoms with Crippen molar-refractivity contribution in [2.45, 2.75) is 0 Å². The first kappa shape index (κ1) is 16.0. The van der Waals surface area contributed by atoms with E-state index < -0.39 is 0 Å². The van der Waals surface area contributed by atoms with Crippen LogP contribution in [0.25, 0.3) is 5.57 Å². The highest BCUT2D eigenvalue weighted by atomic mass is 19.1. The quantitative estimate of drug-likeness (QED) is 0.563. The average molecular weight is 327 g/mol. The van der Waals surface area contributed by atoms with Gasteiger partial charge in [-0.05, 0) is 24.3 Å². The molecule has 3 rings (SSSR count). The Bertz CT molecular complexity index is 790. The third-order valence-electron chi connectivity index (χ3n) is 3.68. The lowest BCUT2D eigenvalue weighted by molar-refractivity contribution is -0.110. The van der Waals surface area contributed by atoms with Crippen LogP contribution in [0.2, 0.25) is 0 Å². The summed E-state index contributed by atoms with van der Waals surface area (Å²) >= 11 is 0. The molecule has 0 fully saturated rings. The van der Waals surface area contributed by atoms with Crippen LogP contribution in [-0.2, 0) is 9.53 Å². The molecule has 0 radical (unpaired) electrons. The lowest BCUT2D eigenvalue weighted by Crippen LogP contribution is -2.09. The van der Waals surface area contributed by atoms with Crippen LogP contribution in [0.3, 0.4) is 0 Å². The molecule has 0 saturated carbocycles. The maximum atomic E-state index is 14.1. The molecule has 5 nitrogen and oxygen atoms in total. The molecule has 1 aliphatic rings. The largest absolute Gasteiger partial charge is 0.383 e. The third-order valence-corrected chi connectivity index (χ3v) is 3.68. The van der Waals surface area contributed by atoms with E-state index in [0.717, 1.165) is 11.3 Å². The minimum atomic E-state index is -0.370. The first-order valence-electron chi connectivity index (χ1n) is 7.59. The number of benzene rings is 2. The second kappa shape index (κ2) is 7.14. The lowest BCUT2D eigenvalue weighted by atomic mass is 10.1. The van der Waals surface area contributed by atoms with Gasteiger partial charge in [0.25, 0.3) is 5.91 Å². The summed E-state index contributed by atoms with van der Waals surface area (Å²) < 4.78 is 19.0. The molecule has 2 aromatic rings. The average Bonchev–Trinajstić information content (AvgIpc) is 2.90. The minimum Gasteiger partial charge on any atom is -0.383 e. The van der Waals surface area contributed by atoms with Gasteiger partial charge < -0.3 is 20.7 Å². The third kappa shape index (κ3) is 3.38. The Balaban J connectivity index is 1.73. The highest BCUT2D eigenvalue weighted by molar-refractivity contribution is 6.31. The highest BCUT2D eigenvalue weighted by Gasteiger charge is 2.23. The van der Waals surface area contributed by atoms with Gasteiger partial charge in [-0.25, -0.2) is 4.39 Å². The number of amides is 1. The molecule has 0 unspecified atom stereocenters. The topological polar surface area (TPSA) is 62.4 Å². The van der Waals surface area contributed by atoms with Gasteiger partial charge in [-0.2, -0.15) is 0 Å². The number of anilines is 3. The Hall–Kier alpha value is -2.86. The van der Waals surface area contributed by atoms with Gasteiger partial charge in [0.2, 0.25) is 0 Å². The monoisotopic (exact) mass is 327 g/mol. The van der Waals surface area contributed by atoms with E-state index in [9.17, 15) is 9.18 Å². The predicted octanol–water partition coefficient (Wildman–Crippen LogP) is 3.29. The summed E-state index contributed by atoms with van der Waals surface area (Å²) in [7, 11) is 1.59. The van der Waals surface area contributed by atoms with Crippen molar-refractivity contribution < 1.29 is 13.9 Å². The van der Waals surface area contributed by atoms with E-state index in [1.807, 2.05) is 24.3 Å². The summed E-state index contributed by atoms with van der Waals surface area (Å²) in [6.07, 6.45) is 1.59. The molecular formula is C18H18FN3O2. The van der Waals surface area contributed by atoms with Crippen molar-refractivity contribution in [3.05, 3.63) is 60.0 Å². The SMILES string of the molecule is COCCNc1ccc(N/C=C2/C(=O)Nc3ccccc32)cc1F. The number of carbonyl (C=O) groups is 1. The molecule has 0 aromatic heterocycles. The maximum absolute atomic E-state index is 14.1. The number of halogens is 1. The van der Waals surface area contributed by atoms with Gasteiger partial charge in [0, 0.05) is 36.8 Å². The van der Waals surface area contributed by atoms with E-state index in [0.29, 0.717) is 30.1 Å². The van der Waals surface area contributed by atoms with Gasteiger partial charge in [0.1, 0.15) is 5.82 Å². The molecular weight excluding hydrogens is 309 g/mol. The van der Waals surface area contributed by atoms with Gasteiger partial charge in [-0.3, -0.25) is 4.79 Å². The molecule has 1 amide bonds. The van der Waals surface area contributed by atoms with Crippen molar-refractivity contribution in [2.24, 2.45) is 0 Å². The number of ether oxygens (including phenoxy) is 1. The minimum absolute atomic E-state index is 0.179. The van der Waals surface area contributed by atoms with Crippen molar-refractivity contribution in [2.75, 3.05) is 36.2 Å². The molecule has 124 valence electrons. The van der Waals surface area contributed by atoms with E-state index >= 15 is 0 Å². The lowest BCUT2D eigenvalue weighted by Gasteiger charge is -2.09. The fourth-order valence-corrected chi connectivity index (χ4v) is 2.47. The predicted molar refractivity (Wildman–Crippen MR) is 93.4 cm³/mol. The summed E-state index contributed by atoms with van der Waals surface area (Å²) in [5, 5.41) is 8.72. The van der Waals surface area contributed by atoms with E-state index in [-0.39, 0.29) is 11.7 Å². The fraction of sp³-hybridized carbons (Fsp3) is 0.167. The molecule has 0 spiro atoms. The van der Waals surface area contributed by atoms with E-state index in [1.54, 1.807) is 25.4 Å². The van der Waals surface area contributed by atoms with Crippen LogP contribution >= 0.6 is 0 Å². The maximum Gasteiger partial charge on any atom is 0.257 e. The Morgan fingerprint density at radius 2 is 2.08 bits per heavy atom. The van der Waals surface area contributed by atoms with Gasteiger partial charge in [0.05, 0.1) is 17.9 Å². The van der Waals surface area contributed by atoms with Gasteiger partial charge in [-0.15, -0.1) is 0 Å². The first-order chi connectivity index (χ1) is 11.7. The fourth-order valence-electron chi connectivity index (χ4n) is 2.47. The summed E-state index contributed by atoms with van der Waals surface area (Å²) in [5.74, 6) is -0.548. The van der Waals surface area contributed by atoms with Crippen molar-refractivity contribution in [1.82, 2.24) is 0 Å². The molecule has 1 aliphatic heterocycles. The number of fused-ring (bicyclic) bond motifs is 1. The molecule has 24 heavy (non-hydrogen) atoms. The van der Waals surface area contributed by atoms with Gasteiger partial charge >= 0.3 is 0 Å². The molecule has 0 atom stereocenters. The molecule has 2 aromatic carbocycles. The van der Waals surface area contributed by atoms with Crippen LogP contribution in [0.4, 0.5) is 21.5 Å². The van der Waals surface area contributed by atoms with Crippen LogP contribution in [0.5, 0.6) is 0 Å². The Kier molecular flexibility index (Phi) is 4.77. The van der Waals surface area contributed by atoms with Crippen LogP contribution in [0.15, 0.2) is 48.7 Å². The second-order valence-electron chi connectivity index (χ2n) is 5.32. The molecule has 0 aliphatic carbocycles. The Morgan fingerprint density at radius 3 is 2.88 bits per heavy atom. The van der Waals surface area contributed by atoms with Crippen molar-refractivity contribution in [3.8, 4) is 0 Å². The zero-order valence-corrected chi connectivity index (χ0v) is 13.2. The molecule has 1 heterocycles. The molecule has 6 heteroatoms. The second-order valence-corrected chi connectivity index (χ2v) is 5.32. The van der Waals surface area contributed by atoms with Crippen LogP contribution in [0.1, 0.15) is 5.56 Å². The number of para-hydroxylation sites is 1. The smallest absolute Gasteiger partial charge is 0.257 e. The van der Waals surface area contributed by atoms with Crippen molar-refractivity contribution in [1.29, 1.82) is 0 Å². The number of nitrogens with one attached hydrogen (secondary N) is 3. The highest BCUT2D eigenvalue weighted by Crippen LogP contribution is 2.31. The Labute approximate surface area is 139 Å². The summed E-state index contributed by atoms with van der Waals surface area (Å²) in [6.45, 7) is 1.03. The number of hydrogen-bond donors (Lipinski definition) is 3. The van der Waals surface area contributed by atoms with E-state index in [1.165, 1.54) is 6.07 Å². The standard InChI is InChI=1S/C18H18FN3O2/c1-24-9-8-20-17-7-6-12(10-15(17)19)21-11-14-13-4-2-3-5-16(13)22-18(14)23/h2-7,10-11,20-21H,8-9H2,1H3,(H,22,23)/b14-11+. The van der Waals surface area contributed by atoms with Crippen LogP contribution < -0.4 is 16.0 Å². The molecule has 3 N–H and O–H groups in total. The number of carbonyl (C=O) groups excluding carboxylic acids is 1. The van der Waals surface area contributed by atoms with E-state index in [4.69, 9.17) is 4.74 Å². The number of hydrogen-bond acceptors (Lipinski definition) is 4. The number of rotatable bonds is 6. The molecule has 0 bridgehead atoms. The van der Waals surface area contributed by atoms with Gasteiger partial charge in [0.15, 0.2) is 0 Å². The van der Waals surface area contributed by atoms with E-state index in [2.05, 4.69) is 16.0 Å². The van der Waals surface area contributed by atoms with Crippen molar-refractivity contribution in [3.63, 3.8) is 0 Å². The van der Waals surface area contributed by atoms with Crippen molar-refractivity contribution >= 4 is 28.5 Å². The summed E-state index contributed by atoms with van der Waals surface area (Å²) in [5.41, 5.74) is 3.10. The summed E-state index contributed by atoms with van der Waals surface area (Å²) in [4.78, 5) is 12.0. The van der Waals surface area contributed by atoms with Gasteiger partial charge in [-0.1, -0.05) is 18.2 Å². The van der Waals surface area contributed by atoms with Crippen LogP contribution in [0, 0.1) is 5.82 Å². The summed E-state index contributed by atoms with van der Waals surface area (Å²) in [6, 6.07) is 12.2. The zero-order chi connectivity index (χ0) is 16.9. The van der Waals surface area contributed by atoms with Crippen LogP contribution in [-0.4, -0.2) is 26.2 Å².